The average molecular weight is 317 g/mol. The minimum atomic E-state index is -0.566. The Morgan fingerprint density at radius 3 is 2.85 bits per heavy atom. The maximum absolute atomic E-state index is 12.6. The molecule has 0 unspecified atom stereocenters. The average Bonchev–Trinajstić information content (AvgIpc) is 2.48. The van der Waals surface area contributed by atoms with Crippen molar-refractivity contribution in [3.63, 3.8) is 0 Å². The van der Waals surface area contributed by atoms with E-state index in [1.165, 1.54) is 24.3 Å². The predicted molar refractivity (Wildman–Crippen MR) is 74.9 cm³/mol. The van der Waals surface area contributed by atoms with Crippen LogP contribution in [0.3, 0.4) is 0 Å². The van der Waals surface area contributed by atoms with E-state index in [4.69, 9.17) is 27.9 Å². The third-order valence-corrected chi connectivity index (χ3v) is 3.80. The zero-order chi connectivity index (χ0) is 14.7. The van der Waals surface area contributed by atoms with Gasteiger partial charge in [-0.3, -0.25) is 4.79 Å². The highest BCUT2D eigenvalue weighted by Gasteiger charge is 2.34. The maximum atomic E-state index is 12.6. The summed E-state index contributed by atoms with van der Waals surface area (Å²) >= 11 is 11.8. The molecule has 1 aromatic rings. The first-order chi connectivity index (χ1) is 9.54. The molecule has 0 N–H and O–H groups in total. The highest BCUT2D eigenvalue weighted by molar-refractivity contribution is 6.35. The number of carbonyl (C=O) groups is 2. The number of piperidine rings is 1. The lowest BCUT2D eigenvalue weighted by atomic mass is 10.0. The third-order valence-electron chi connectivity index (χ3n) is 3.29. The van der Waals surface area contributed by atoms with Crippen LogP contribution in [-0.4, -0.2) is 41.5 Å². The van der Waals surface area contributed by atoms with Gasteiger partial charge in [0.2, 0.25) is 0 Å². The van der Waals surface area contributed by atoms with Crippen molar-refractivity contribution in [2.75, 3.05) is 13.7 Å². The standard InChI is InChI=1S/C13H14Cl2N2O3/c1-20-13(19)10-4-2-3-5-17(10)12(18)8-6-11(15)16-7-9(8)14/h6-7,10H,2-5H2,1H3/t10-/m1/s1. The Morgan fingerprint density at radius 1 is 1.40 bits per heavy atom. The van der Waals surface area contributed by atoms with Gasteiger partial charge < -0.3 is 9.64 Å². The second kappa shape index (κ2) is 6.41. The summed E-state index contributed by atoms with van der Waals surface area (Å²) in [6.45, 7) is 0.495. The van der Waals surface area contributed by atoms with Crippen LogP contribution in [0.25, 0.3) is 0 Å². The van der Waals surface area contributed by atoms with Gasteiger partial charge in [0.1, 0.15) is 11.2 Å². The van der Waals surface area contributed by atoms with Gasteiger partial charge in [0.05, 0.1) is 17.7 Å². The first-order valence-corrected chi connectivity index (χ1v) is 7.00. The number of halogens is 2. The van der Waals surface area contributed by atoms with E-state index in [9.17, 15) is 9.59 Å². The Labute approximate surface area is 126 Å². The number of esters is 1. The molecule has 1 atom stereocenters. The summed E-state index contributed by atoms with van der Waals surface area (Å²) in [7, 11) is 1.32. The lowest BCUT2D eigenvalue weighted by Crippen LogP contribution is -2.48. The summed E-state index contributed by atoms with van der Waals surface area (Å²) in [6, 6.07) is 0.846. The molecule has 1 amide bonds. The molecule has 1 aliphatic rings. The highest BCUT2D eigenvalue weighted by atomic mass is 35.5. The van der Waals surface area contributed by atoms with Crippen LogP contribution in [-0.2, 0) is 9.53 Å². The number of likely N-dealkylation sites (tertiary alicyclic amines) is 1. The van der Waals surface area contributed by atoms with E-state index in [0.29, 0.717) is 13.0 Å². The second-order valence-corrected chi connectivity index (χ2v) is 5.31. The van der Waals surface area contributed by atoms with Crippen LogP contribution in [0.15, 0.2) is 12.3 Å². The molecule has 108 valence electrons. The molecule has 0 saturated carbocycles. The monoisotopic (exact) mass is 316 g/mol. The van der Waals surface area contributed by atoms with Crippen LogP contribution in [0.2, 0.25) is 10.2 Å². The molecule has 2 heterocycles. The number of amides is 1. The zero-order valence-corrected chi connectivity index (χ0v) is 12.4. The SMILES string of the molecule is COC(=O)[C@H]1CCCCN1C(=O)c1cc(Cl)ncc1Cl. The fraction of sp³-hybridized carbons (Fsp3) is 0.462. The summed E-state index contributed by atoms with van der Waals surface area (Å²) < 4.78 is 4.76. The van der Waals surface area contributed by atoms with Gasteiger partial charge in [0, 0.05) is 12.7 Å². The number of rotatable bonds is 2. The lowest BCUT2D eigenvalue weighted by Gasteiger charge is -2.33. The van der Waals surface area contributed by atoms with Crippen molar-refractivity contribution < 1.29 is 14.3 Å². The fourth-order valence-corrected chi connectivity index (χ4v) is 2.63. The van der Waals surface area contributed by atoms with E-state index in [1.807, 2.05) is 0 Å². The Balaban J connectivity index is 2.30. The van der Waals surface area contributed by atoms with Gasteiger partial charge in [-0.05, 0) is 25.3 Å². The Bertz CT molecular complexity index is 536. The van der Waals surface area contributed by atoms with E-state index in [0.717, 1.165) is 12.8 Å². The van der Waals surface area contributed by atoms with Crippen LogP contribution in [0.4, 0.5) is 0 Å². The first kappa shape index (κ1) is 15.1. The summed E-state index contributed by atoms with van der Waals surface area (Å²) in [5.41, 5.74) is 0.252. The van der Waals surface area contributed by atoms with Gasteiger partial charge in [0.15, 0.2) is 0 Å². The number of aromatic nitrogens is 1. The van der Waals surface area contributed by atoms with Gasteiger partial charge in [-0.1, -0.05) is 23.2 Å². The molecule has 5 nitrogen and oxygen atoms in total. The number of nitrogens with zero attached hydrogens (tertiary/aromatic N) is 2. The third kappa shape index (κ3) is 3.04. The fourth-order valence-electron chi connectivity index (χ4n) is 2.29. The summed E-state index contributed by atoms with van der Waals surface area (Å²) in [4.78, 5) is 29.6. The molecule has 1 fully saturated rings. The molecule has 0 aliphatic carbocycles. The van der Waals surface area contributed by atoms with Crippen LogP contribution >= 0.6 is 23.2 Å². The van der Waals surface area contributed by atoms with Crippen LogP contribution in [0.5, 0.6) is 0 Å². The minimum absolute atomic E-state index is 0.185. The molecular formula is C13H14Cl2N2O3. The van der Waals surface area contributed by atoms with Gasteiger partial charge in [0.25, 0.3) is 5.91 Å². The van der Waals surface area contributed by atoms with Gasteiger partial charge in [-0.15, -0.1) is 0 Å². The molecule has 7 heteroatoms. The number of pyridine rings is 1. The van der Waals surface area contributed by atoms with Crippen molar-refractivity contribution in [1.82, 2.24) is 9.88 Å². The predicted octanol–water partition coefficient (Wildman–Crippen LogP) is 2.56. The van der Waals surface area contributed by atoms with Gasteiger partial charge >= 0.3 is 5.97 Å². The molecule has 1 aliphatic heterocycles. The Kier molecular flexibility index (Phi) is 4.83. The number of ether oxygens (including phenoxy) is 1. The topological polar surface area (TPSA) is 59.5 Å². The van der Waals surface area contributed by atoms with Crippen molar-refractivity contribution in [3.8, 4) is 0 Å². The number of hydrogen-bond donors (Lipinski definition) is 0. The maximum Gasteiger partial charge on any atom is 0.328 e. The summed E-state index contributed by atoms with van der Waals surface area (Å²) in [6.07, 6.45) is 3.65. The summed E-state index contributed by atoms with van der Waals surface area (Å²) in [5, 5.41) is 0.401. The van der Waals surface area contributed by atoms with E-state index < -0.39 is 12.0 Å². The van der Waals surface area contributed by atoms with Gasteiger partial charge in [-0.2, -0.15) is 0 Å². The molecule has 0 spiro atoms. The van der Waals surface area contributed by atoms with Crippen LogP contribution in [0, 0.1) is 0 Å². The van der Waals surface area contributed by atoms with Crippen molar-refractivity contribution in [1.29, 1.82) is 0 Å². The minimum Gasteiger partial charge on any atom is -0.467 e. The van der Waals surface area contributed by atoms with Gasteiger partial charge in [-0.25, -0.2) is 9.78 Å². The van der Waals surface area contributed by atoms with Crippen molar-refractivity contribution >= 4 is 35.1 Å². The molecule has 2 rings (SSSR count). The Morgan fingerprint density at radius 2 is 2.15 bits per heavy atom. The molecule has 1 saturated heterocycles. The normalized spacial score (nSPS) is 18.8. The Hall–Kier alpha value is -1.33. The molecule has 0 aromatic carbocycles. The molecule has 0 bridgehead atoms. The number of carbonyl (C=O) groups excluding carboxylic acids is 2. The zero-order valence-electron chi connectivity index (χ0n) is 10.9. The van der Waals surface area contributed by atoms with Crippen LogP contribution in [0.1, 0.15) is 29.6 Å². The van der Waals surface area contributed by atoms with Crippen molar-refractivity contribution in [2.45, 2.75) is 25.3 Å². The molecule has 0 radical (unpaired) electrons. The molecule has 1 aromatic heterocycles. The summed E-state index contributed by atoms with van der Waals surface area (Å²) in [5.74, 6) is -0.733. The number of hydrogen-bond acceptors (Lipinski definition) is 4. The van der Waals surface area contributed by atoms with E-state index in [2.05, 4.69) is 4.98 Å². The van der Waals surface area contributed by atoms with Crippen LogP contribution < -0.4 is 0 Å². The van der Waals surface area contributed by atoms with Crippen molar-refractivity contribution in [2.24, 2.45) is 0 Å². The van der Waals surface area contributed by atoms with E-state index in [-0.39, 0.29) is 21.6 Å². The quantitative estimate of drug-likeness (QED) is 0.621. The van der Waals surface area contributed by atoms with E-state index >= 15 is 0 Å². The highest BCUT2D eigenvalue weighted by Crippen LogP contribution is 2.25. The second-order valence-electron chi connectivity index (χ2n) is 4.52. The lowest BCUT2D eigenvalue weighted by molar-refractivity contribution is -0.147. The molecule has 20 heavy (non-hydrogen) atoms. The smallest absolute Gasteiger partial charge is 0.328 e. The van der Waals surface area contributed by atoms with Crippen molar-refractivity contribution in [3.05, 3.63) is 28.0 Å². The largest absolute Gasteiger partial charge is 0.467 e. The van der Waals surface area contributed by atoms with E-state index in [1.54, 1.807) is 0 Å². The first-order valence-electron chi connectivity index (χ1n) is 6.24. The number of methoxy groups -OCH3 is 1. The molecular weight excluding hydrogens is 303 g/mol.